The highest BCUT2D eigenvalue weighted by molar-refractivity contribution is 5.95. The third-order valence-electron chi connectivity index (χ3n) is 2.57. The van der Waals surface area contributed by atoms with E-state index in [0.717, 1.165) is 0 Å². The molecule has 1 aromatic carbocycles. The third kappa shape index (κ3) is 2.73. The summed E-state index contributed by atoms with van der Waals surface area (Å²) in [6.45, 7) is 3.80. The number of hydrogen-bond acceptors (Lipinski definition) is 4. The smallest absolute Gasteiger partial charge is 0.348 e. The predicted molar refractivity (Wildman–Crippen MR) is 68.4 cm³/mol. The molecule has 0 spiro atoms. The summed E-state index contributed by atoms with van der Waals surface area (Å²) in [7, 11) is 0. The summed E-state index contributed by atoms with van der Waals surface area (Å²) in [5.74, 6) is -0.506. The van der Waals surface area contributed by atoms with Gasteiger partial charge in [0.1, 0.15) is 22.9 Å². The molecule has 0 unspecified atom stereocenters. The van der Waals surface area contributed by atoms with Gasteiger partial charge in [-0.3, -0.25) is 0 Å². The van der Waals surface area contributed by atoms with Gasteiger partial charge in [0.15, 0.2) is 0 Å². The van der Waals surface area contributed by atoms with Crippen LogP contribution in [0.25, 0.3) is 0 Å². The zero-order chi connectivity index (χ0) is 14.0. The SMILES string of the molecule is CC(C)n1ncc(C(=O)Oc2ccc(F)cc2)c1N. The van der Waals surface area contributed by atoms with E-state index in [1.165, 1.54) is 35.1 Å². The largest absolute Gasteiger partial charge is 0.423 e. The van der Waals surface area contributed by atoms with E-state index in [1.54, 1.807) is 0 Å². The van der Waals surface area contributed by atoms with Gasteiger partial charge < -0.3 is 10.5 Å². The fraction of sp³-hybridized carbons (Fsp3) is 0.231. The summed E-state index contributed by atoms with van der Waals surface area (Å²) in [6.07, 6.45) is 1.36. The number of hydrogen-bond donors (Lipinski definition) is 1. The lowest BCUT2D eigenvalue weighted by Gasteiger charge is -2.08. The second kappa shape index (κ2) is 5.09. The first-order chi connectivity index (χ1) is 8.99. The van der Waals surface area contributed by atoms with Crippen LogP contribution in [0.2, 0.25) is 0 Å². The molecule has 0 aliphatic carbocycles. The van der Waals surface area contributed by atoms with Crippen LogP contribution in [0.5, 0.6) is 5.75 Å². The highest BCUT2D eigenvalue weighted by atomic mass is 19.1. The molecular formula is C13H14FN3O2. The Labute approximate surface area is 109 Å². The summed E-state index contributed by atoms with van der Waals surface area (Å²) >= 11 is 0. The van der Waals surface area contributed by atoms with Gasteiger partial charge in [-0.05, 0) is 38.1 Å². The molecule has 6 heteroatoms. The molecule has 19 heavy (non-hydrogen) atoms. The van der Waals surface area contributed by atoms with Crippen molar-refractivity contribution in [1.29, 1.82) is 0 Å². The molecule has 1 heterocycles. The number of nitrogen functional groups attached to an aromatic ring is 1. The van der Waals surface area contributed by atoms with Crippen molar-refractivity contribution in [2.75, 3.05) is 5.73 Å². The number of carbonyl (C=O) groups is 1. The minimum absolute atomic E-state index is 0.0485. The van der Waals surface area contributed by atoms with Crippen LogP contribution in [0.3, 0.4) is 0 Å². The van der Waals surface area contributed by atoms with Gasteiger partial charge in [-0.1, -0.05) is 0 Å². The lowest BCUT2D eigenvalue weighted by molar-refractivity contribution is 0.0735. The third-order valence-corrected chi connectivity index (χ3v) is 2.57. The lowest BCUT2D eigenvalue weighted by atomic mass is 10.3. The van der Waals surface area contributed by atoms with Gasteiger partial charge in [0.05, 0.1) is 6.20 Å². The van der Waals surface area contributed by atoms with Crippen molar-refractivity contribution in [2.45, 2.75) is 19.9 Å². The van der Waals surface area contributed by atoms with Crippen LogP contribution in [0.15, 0.2) is 30.5 Å². The number of anilines is 1. The number of nitrogens with two attached hydrogens (primary N) is 1. The van der Waals surface area contributed by atoms with E-state index in [1.807, 2.05) is 13.8 Å². The quantitative estimate of drug-likeness (QED) is 0.682. The predicted octanol–water partition coefficient (Wildman–Crippen LogP) is 2.40. The van der Waals surface area contributed by atoms with Gasteiger partial charge in [-0.25, -0.2) is 13.9 Å². The Kier molecular flexibility index (Phi) is 3.50. The average Bonchev–Trinajstić information content (AvgIpc) is 2.74. The number of nitrogens with zero attached hydrogens (tertiary/aromatic N) is 2. The molecule has 2 rings (SSSR count). The van der Waals surface area contributed by atoms with Crippen LogP contribution in [-0.2, 0) is 0 Å². The normalized spacial score (nSPS) is 10.7. The Morgan fingerprint density at radius 3 is 2.53 bits per heavy atom. The Morgan fingerprint density at radius 2 is 2.00 bits per heavy atom. The fourth-order valence-corrected chi connectivity index (χ4v) is 1.61. The first-order valence-corrected chi connectivity index (χ1v) is 5.79. The van der Waals surface area contributed by atoms with Gasteiger partial charge in [0, 0.05) is 6.04 Å². The summed E-state index contributed by atoms with van der Waals surface area (Å²) in [5.41, 5.74) is 6.02. The molecule has 0 saturated carbocycles. The van der Waals surface area contributed by atoms with Crippen molar-refractivity contribution in [3.05, 3.63) is 41.8 Å². The summed E-state index contributed by atoms with van der Waals surface area (Å²) < 4.78 is 19.3. The number of carbonyl (C=O) groups excluding carboxylic acids is 1. The minimum Gasteiger partial charge on any atom is -0.423 e. The molecule has 1 aromatic heterocycles. The van der Waals surface area contributed by atoms with Crippen molar-refractivity contribution >= 4 is 11.8 Å². The van der Waals surface area contributed by atoms with Crippen LogP contribution in [0.1, 0.15) is 30.2 Å². The van der Waals surface area contributed by atoms with Crippen LogP contribution in [0, 0.1) is 5.82 Å². The van der Waals surface area contributed by atoms with E-state index in [9.17, 15) is 9.18 Å². The maximum absolute atomic E-state index is 12.7. The van der Waals surface area contributed by atoms with E-state index >= 15 is 0 Å². The van der Waals surface area contributed by atoms with Crippen LogP contribution < -0.4 is 10.5 Å². The van der Waals surface area contributed by atoms with Crippen molar-refractivity contribution in [3.8, 4) is 5.75 Å². The maximum Gasteiger partial charge on any atom is 0.348 e. The van der Waals surface area contributed by atoms with Gasteiger partial charge in [-0.2, -0.15) is 5.10 Å². The van der Waals surface area contributed by atoms with E-state index in [-0.39, 0.29) is 23.2 Å². The van der Waals surface area contributed by atoms with E-state index in [0.29, 0.717) is 0 Å². The van der Waals surface area contributed by atoms with Crippen molar-refractivity contribution < 1.29 is 13.9 Å². The van der Waals surface area contributed by atoms with E-state index in [4.69, 9.17) is 10.5 Å². The van der Waals surface area contributed by atoms with Gasteiger partial charge in [0.2, 0.25) is 0 Å². The average molecular weight is 263 g/mol. The fourth-order valence-electron chi connectivity index (χ4n) is 1.61. The first kappa shape index (κ1) is 13.1. The number of halogens is 1. The molecule has 0 aliphatic heterocycles. The minimum atomic E-state index is -0.615. The van der Waals surface area contributed by atoms with E-state index in [2.05, 4.69) is 5.10 Å². The maximum atomic E-state index is 12.7. The molecule has 2 N–H and O–H groups in total. The van der Waals surface area contributed by atoms with Crippen molar-refractivity contribution in [3.63, 3.8) is 0 Å². The van der Waals surface area contributed by atoms with Gasteiger partial charge in [-0.15, -0.1) is 0 Å². The summed E-state index contributed by atoms with van der Waals surface area (Å²) in [4.78, 5) is 11.9. The Bertz CT molecular complexity index is 590. The number of esters is 1. The second-order valence-electron chi connectivity index (χ2n) is 4.33. The number of benzene rings is 1. The molecular weight excluding hydrogens is 249 g/mol. The van der Waals surface area contributed by atoms with Crippen molar-refractivity contribution in [1.82, 2.24) is 9.78 Å². The molecule has 0 atom stereocenters. The lowest BCUT2D eigenvalue weighted by Crippen LogP contribution is -2.13. The number of rotatable bonds is 3. The molecule has 0 bridgehead atoms. The zero-order valence-corrected chi connectivity index (χ0v) is 10.6. The molecule has 2 aromatic rings. The summed E-state index contributed by atoms with van der Waals surface area (Å²) in [5, 5.41) is 4.02. The van der Waals surface area contributed by atoms with Gasteiger partial charge in [0.25, 0.3) is 0 Å². The second-order valence-corrected chi connectivity index (χ2v) is 4.33. The monoisotopic (exact) mass is 263 g/mol. The van der Waals surface area contributed by atoms with E-state index < -0.39 is 11.8 Å². The Morgan fingerprint density at radius 1 is 1.37 bits per heavy atom. The molecule has 0 saturated heterocycles. The van der Waals surface area contributed by atoms with Crippen molar-refractivity contribution in [2.24, 2.45) is 0 Å². The molecule has 0 amide bonds. The highest BCUT2D eigenvalue weighted by Gasteiger charge is 2.18. The summed E-state index contributed by atoms with van der Waals surface area (Å²) in [6, 6.07) is 5.21. The topological polar surface area (TPSA) is 70.1 Å². The molecule has 0 aliphatic rings. The molecule has 5 nitrogen and oxygen atoms in total. The Hall–Kier alpha value is -2.37. The standard InChI is InChI=1S/C13H14FN3O2/c1-8(2)17-12(15)11(7-16-17)13(18)19-10-5-3-9(14)4-6-10/h3-8H,15H2,1-2H3. The number of ether oxygens (including phenoxy) is 1. The Balaban J connectivity index is 2.18. The molecule has 0 radical (unpaired) electrons. The molecule has 100 valence electrons. The first-order valence-electron chi connectivity index (χ1n) is 5.79. The van der Waals surface area contributed by atoms with Crippen LogP contribution in [0.4, 0.5) is 10.2 Å². The van der Waals surface area contributed by atoms with Crippen LogP contribution in [-0.4, -0.2) is 15.7 Å². The zero-order valence-electron chi connectivity index (χ0n) is 10.6. The number of aromatic nitrogens is 2. The van der Waals surface area contributed by atoms with Crippen LogP contribution >= 0.6 is 0 Å². The highest BCUT2D eigenvalue weighted by Crippen LogP contribution is 2.19. The van der Waals surface area contributed by atoms with Gasteiger partial charge >= 0.3 is 5.97 Å². The molecule has 0 fully saturated rings.